The van der Waals surface area contributed by atoms with Gasteiger partial charge in [0.1, 0.15) is 12.4 Å². The molecule has 2 rings (SSSR count). The van der Waals surface area contributed by atoms with Crippen LogP contribution in [-0.4, -0.2) is 24.2 Å². The molecule has 1 N–H and O–H groups in total. The van der Waals surface area contributed by atoms with Gasteiger partial charge in [0.05, 0.1) is 5.69 Å². The Balaban J connectivity index is 0.000000980. The summed E-state index contributed by atoms with van der Waals surface area (Å²) in [5, 5.41) is 3.29. The zero-order chi connectivity index (χ0) is 9.10. The molecule has 1 saturated heterocycles. The SMILES string of the molecule is Cc1ncccc1OC[C@H]1CCN1.Cl.Cl. The van der Waals surface area contributed by atoms with Gasteiger partial charge in [0, 0.05) is 12.2 Å². The van der Waals surface area contributed by atoms with Crippen LogP contribution >= 0.6 is 24.8 Å². The second-order valence-corrected chi connectivity index (χ2v) is 3.34. The maximum atomic E-state index is 5.62. The third-order valence-corrected chi connectivity index (χ3v) is 2.32. The largest absolute Gasteiger partial charge is 0.490 e. The van der Waals surface area contributed by atoms with Gasteiger partial charge in [0.25, 0.3) is 0 Å². The zero-order valence-corrected chi connectivity index (χ0v) is 10.2. The molecule has 0 aliphatic carbocycles. The van der Waals surface area contributed by atoms with Crippen LogP contribution in [0, 0.1) is 6.92 Å². The molecule has 1 atom stereocenters. The molecular formula is C10H16Cl2N2O. The van der Waals surface area contributed by atoms with E-state index < -0.39 is 0 Å². The van der Waals surface area contributed by atoms with Crippen LogP contribution in [0.4, 0.5) is 0 Å². The highest BCUT2D eigenvalue weighted by Crippen LogP contribution is 2.14. The molecule has 1 aromatic heterocycles. The van der Waals surface area contributed by atoms with Crippen LogP contribution < -0.4 is 10.1 Å². The number of halogens is 2. The molecule has 1 aromatic rings. The lowest BCUT2D eigenvalue weighted by atomic mass is 10.1. The van der Waals surface area contributed by atoms with Crippen molar-refractivity contribution >= 4 is 24.8 Å². The minimum absolute atomic E-state index is 0. The van der Waals surface area contributed by atoms with Crippen LogP contribution in [-0.2, 0) is 0 Å². The van der Waals surface area contributed by atoms with Crippen molar-refractivity contribution in [2.75, 3.05) is 13.2 Å². The maximum Gasteiger partial charge on any atom is 0.140 e. The molecule has 0 radical (unpaired) electrons. The van der Waals surface area contributed by atoms with Gasteiger partial charge in [-0.3, -0.25) is 4.98 Å². The second-order valence-electron chi connectivity index (χ2n) is 3.34. The van der Waals surface area contributed by atoms with Gasteiger partial charge in [0.2, 0.25) is 0 Å². The summed E-state index contributed by atoms with van der Waals surface area (Å²) in [7, 11) is 0. The van der Waals surface area contributed by atoms with E-state index in [9.17, 15) is 0 Å². The van der Waals surface area contributed by atoms with Crippen LogP contribution in [0.3, 0.4) is 0 Å². The fourth-order valence-electron chi connectivity index (χ4n) is 1.30. The summed E-state index contributed by atoms with van der Waals surface area (Å²) < 4.78 is 5.62. The minimum Gasteiger partial charge on any atom is -0.490 e. The van der Waals surface area contributed by atoms with Crippen LogP contribution in [0.25, 0.3) is 0 Å². The van der Waals surface area contributed by atoms with E-state index in [0.29, 0.717) is 6.04 Å². The molecule has 3 nitrogen and oxygen atoms in total. The Morgan fingerprint density at radius 3 is 2.80 bits per heavy atom. The van der Waals surface area contributed by atoms with E-state index >= 15 is 0 Å². The molecule has 0 saturated carbocycles. The van der Waals surface area contributed by atoms with Crippen LogP contribution in [0.5, 0.6) is 5.75 Å². The third kappa shape index (κ3) is 3.86. The lowest BCUT2D eigenvalue weighted by molar-refractivity contribution is 0.216. The van der Waals surface area contributed by atoms with Crippen molar-refractivity contribution in [3.05, 3.63) is 24.0 Å². The van der Waals surface area contributed by atoms with Crippen molar-refractivity contribution in [3.63, 3.8) is 0 Å². The summed E-state index contributed by atoms with van der Waals surface area (Å²) in [6.07, 6.45) is 3.00. The quantitative estimate of drug-likeness (QED) is 0.891. The summed E-state index contributed by atoms with van der Waals surface area (Å²) in [5.74, 6) is 0.899. The topological polar surface area (TPSA) is 34.1 Å². The van der Waals surface area contributed by atoms with Gasteiger partial charge in [-0.1, -0.05) is 0 Å². The molecule has 2 heterocycles. The first-order valence-electron chi connectivity index (χ1n) is 4.64. The normalized spacial score (nSPS) is 18.1. The number of hydrogen-bond donors (Lipinski definition) is 1. The van der Waals surface area contributed by atoms with Crippen LogP contribution in [0.1, 0.15) is 12.1 Å². The minimum atomic E-state index is 0. The molecule has 0 unspecified atom stereocenters. The Hall–Kier alpha value is -0.510. The molecule has 15 heavy (non-hydrogen) atoms. The van der Waals surface area contributed by atoms with Crippen molar-refractivity contribution in [3.8, 4) is 5.75 Å². The first-order valence-corrected chi connectivity index (χ1v) is 4.64. The highest BCUT2D eigenvalue weighted by atomic mass is 35.5. The van der Waals surface area contributed by atoms with Gasteiger partial charge in [-0.15, -0.1) is 24.8 Å². The Bertz CT molecular complexity index is 293. The van der Waals surface area contributed by atoms with E-state index in [1.165, 1.54) is 6.42 Å². The van der Waals surface area contributed by atoms with Crippen molar-refractivity contribution in [2.24, 2.45) is 0 Å². The predicted octanol–water partition coefficient (Wildman–Crippen LogP) is 1.97. The Morgan fingerprint density at radius 2 is 2.27 bits per heavy atom. The average molecular weight is 251 g/mol. The number of nitrogens with one attached hydrogen (secondary N) is 1. The standard InChI is InChI=1S/C10H14N2O.2ClH/c1-8-10(3-2-5-11-8)13-7-9-4-6-12-9;;/h2-3,5,9,12H,4,6-7H2,1H3;2*1H/t9-;;/m1../s1. The Labute approximate surface area is 102 Å². The summed E-state index contributed by atoms with van der Waals surface area (Å²) >= 11 is 0. The molecule has 1 fully saturated rings. The number of rotatable bonds is 3. The van der Waals surface area contributed by atoms with Gasteiger partial charge < -0.3 is 10.1 Å². The summed E-state index contributed by atoms with van der Waals surface area (Å²) in [6, 6.07) is 4.40. The van der Waals surface area contributed by atoms with Gasteiger partial charge >= 0.3 is 0 Å². The first kappa shape index (κ1) is 14.5. The van der Waals surface area contributed by atoms with Crippen LogP contribution in [0.15, 0.2) is 18.3 Å². The first-order chi connectivity index (χ1) is 6.36. The Morgan fingerprint density at radius 1 is 1.53 bits per heavy atom. The molecule has 0 amide bonds. The maximum absolute atomic E-state index is 5.62. The summed E-state index contributed by atoms with van der Waals surface area (Å²) in [5.41, 5.74) is 0.960. The average Bonchev–Trinajstić information content (AvgIpc) is 2.05. The number of ether oxygens (including phenoxy) is 1. The number of aryl methyl sites for hydroxylation is 1. The zero-order valence-electron chi connectivity index (χ0n) is 8.60. The van der Waals surface area contributed by atoms with Gasteiger partial charge in [0.15, 0.2) is 0 Å². The van der Waals surface area contributed by atoms with Crippen molar-refractivity contribution in [1.29, 1.82) is 0 Å². The van der Waals surface area contributed by atoms with Crippen molar-refractivity contribution < 1.29 is 4.74 Å². The smallest absolute Gasteiger partial charge is 0.140 e. The number of nitrogens with zero attached hydrogens (tertiary/aromatic N) is 1. The molecule has 0 spiro atoms. The molecule has 0 aromatic carbocycles. The van der Waals surface area contributed by atoms with E-state index in [1.54, 1.807) is 6.20 Å². The van der Waals surface area contributed by atoms with E-state index in [0.717, 1.165) is 24.6 Å². The molecule has 1 aliphatic heterocycles. The molecule has 0 bridgehead atoms. The fraction of sp³-hybridized carbons (Fsp3) is 0.500. The van der Waals surface area contributed by atoms with Crippen molar-refractivity contribution in [1.82, 2.24) is 10.3 Å². The van der Waals surface area contributed by atoms with E-state index in [2.05, 4.69) is 10.3 Å². The highest BCUT2D eigenvalue weighted by Gasteiger charge is 2.16. The predicted molar refractivity (Wildman–Crippen MR) is 65.4 cm³/mol. The molecular weight excluding hydrogens is 235 g/mol. The van der Waals surface area contributed by atoms with E-state index in [-0.39, 0.29) is 24.8 Å². The van der Waals surface area contributed by atoms with E-state index in [1.807, 2.05) is 19.1 Å². The molecule has 5 heteroatoms. The fourth-order valence-corrected chi connectivity index (χ4v) is 1.30. The summed E-state index contributed by atoms with van der Waals surface area (Å²) in [6.45, 7) is 3.84. The van der Waals surface area contributed by atoms with E-state index in [4.69, 9.17) is 4.74 Å². The van der Waals surface area contributed by atoms with Crippen LogP contribution in [0.2, 0.25) is 0 Å². The Kier molecular flexibility index (Phi) is 6.65. The second kappa shape index (κ2) is 6.88. The lowest BCUT2D eigenvalue weighted by Gasteiger charge is -2.27. The lowest BCUT2D eigenvalue weighted by Crippen LogP contribution is -2.46. The van der Waals surface area contributed by atoms with Crippen molar-refractivity contribution in [2.45, 2.75) is 19.4 Å². The monoisotopic (exact) mass is 250 g/mol. The summed E-state index contributed by atoms with van der Waals surface area (Å²) in [4.78, 5) is 4.16. The number of aromatic nitrogens is 1. The van der Waals surface area contributed by atoms with Gasteiger partial charge in [-0.2, -0.15) is 0 Å². The molecule has 86 valence electrons. The van der Waals surface area contributed by atoms with Gasteiger partial charge in [-0.05, 0) is 32.0 Å². The number of hydrogen-bond acceptors (Lipinski definition) is 3. The number of pyridine rings is 1. The third-order valence-electron chi connectivity index (χ3n) is 2.32. The highest BCUT2D eigenvalue weighted by molar-refractivity contribution is 5.85. The molecule has 1 aliphatic rings. The van der Waals surface area contributed by atoms with Gasteiger partial charge in [-0.25, -0.2) is 0 Å².